The van der Waals surface area contributed by atoms with Crippen LogP contribution in [0.1, 0.15) is 5.82 Å². The molecule has 2 heterocycles. The van der Waals surface area contributed by atoms with Gasteiger partial charge >= 0.3 is 0 Å². The molecule has 0 saturated carbocycles. The number of rotatable bonds is 5. The van der Waals surface area contributed by atoms with E-state index in [2.05, 4.69) is 20.3 Å². The van der Waals surface area contributed by atoms with Gasteiger partial charge in [-0.1, -0.05) is 11.8 Å². The van der Waals surface area contributed by atoms with E-state index in [0.717, 1.165) is 16.9 Å². The zero-order valence-electron chi connectivity index (χ0n) is 12.6. The molecule has 0 fully saturated rings. The Labute approximate surface area is 140 Å². The molecule has 9 heteroatoms. The molecule has 8 nitrogen and oxygen atoms in total. The van der Waals surface area contributed by atoms with Crippen molar-refractivity contribution in [1.29, 1.82) is 0 Å². The fourth-order valence-corrected chi connectivity index (χ4v) is 2.76. The summed E-state index contributed by atoms with van der Waals surface area (Å²) in [5.74, 6) is 0.786. The maximum Gasteiger partial charge on any atom is 0.287 e. The van der Waals surface area contributed by atoms with E-state index in [4.69, 9.17) is 0 Å². The lowest BCUT2D eigenvalue weighted by atomic mass is 10.3. The first-order valence-corrected chi connectivity index (χ1v) is 7.99. The molecule has 0 aliphatic heterocycles. The van der Waals surface area contributed by atoms with Crippen molar-refractivity contribution in [3.63, 3.8) is 0 Å². The molecule has 0 saturated heterocycles. The van der Waals surface area contributed by atoms with Crippen LogP contribution in [0, 0.1) is 17.0 Å². The lowest BCUT2D eigenvalue weighted by Crippen LogP contribution is -2.14. The van der Waals surface area contributed by atoms with Crippen LogP contribution in [0.4, 0.5) is 11.4 Å². The van der Waals surface area contributed by atoms with Crippen molar-refractivity contribution in [3.05, 3.63) is 52.5 Å². The minimum Gasteiger partial charge on any atom is -0.342 e. The quantitative estimate of drug-likeness (QED) is 0.418. The number of aromatic amines is 1. The van der Waals surface area contributed by atoms with Crippen LogP contribution < -0.4 is 5.32 Å². The number of benzene rings is 1. The van der Waals surface area contributed by atoms with Gasteiger partial charge in [0, 0.05) is 11.8 Å². The van der Waals surface area contributed by atoms with Gasteiger partial charge in [0.1, 0.15) is 12.0 Å². The molecule has 0 spiro atoms. The number of nitrogens with one attached hydrogen (secondary N) is 2. The van der Waals surface area contributed by atoms with E-state index in [1.165, 1.54) is 30.1 Å². The number of carbonyl (C=O) groups is 1. The van der Waals surface area contributed by atoms with Crippen molar-refractivity contribution < 1.29 is 9.72 Å². The molecule has 0 atom stereocenters. The van der Waals surface area contributed by atoms with Crippen molar-refractivity contribution in [1.82, 2.24) is 15.0 Å². The second-order valence-electron chi connectivity index (χ2n) is 5.00. The van der Waals surface area contributed by atoms with E-state index in [9.17, 15) is 14.9 Å². The number of nitro groups is 1. The number of hydrogen-bond acceptors (Lipinski definition) is 6. The van der Waals surface area contributed by atoms with Gasteiger partial charge in [-0.25, -0.2) is 9.97 Å². The average Bonchev–Trinajstić information content (AvgIpc) is 2.92. The molecule has 3 aromatic rings. The number of H-pyrrole nitrogens is 1. The van der Waals surface area contributed by atoms with Crippen molar-refractivity contribution in [2.24, 2.45) is 0 Å². The number of thioether (sulfide) groups is 1. The predicted octanol–water partition coefficient (Wildman–Crippen LogP) is 2.91. The third kappa shape index (κ3) is 3.69. The predicted molar refractivity (Wildman–Crippen MR) is 91.1 cm³/mol. The minimum atomic E-state index is -0.512. The van der Waals surface area contributed by atoms with Crippen molar-refractivity contribution in [2.45, 2.75) is 11.9 Å². The number of aromatic nitrogens is 3. The molecule has 24 heavy (non-hydrogen) atoms. The number of amides is 1. The summed E-state index contributed by atoms with van der Waals surface area (Å²) in [5.41, 5.74) is 2.30. The molecule has 0 aliphatic rings. The van der Waals surface area contributed by atoms with E-state index < -0.39 is 4.92 Å². The van der Waals surface area contributed by atoms with E-state index in [0.29, 0.717) is 10.7 Å². The van der Waals surface area contributed by atoms with Gasteiger partial charge in [0.15, 0.2) is 0 Å². The summed E-state index contributed by atoms with van der Waals surface area (Å²) in [6, 6.07) is 8.33. The number of hydrogen-bond donors (Lipinski definition) is 2. The molecule has 0 radical (unpaired) electrons. The van der Waals surface area contributed by atoms with Crippen molar-refractivity contribution in [2.75, 3.05) is 11.1 Å². The smallest absolute Gasteiger partial charge is 0.287 e. The van der Waals surface area contributed by atoms with Gasteiger partial charge in [-0.2, -0.15) is 0 Å². The van der Waals surface area contributed by atoms with E-state index in [-0.39, 0.29) is 17.3 Å². The lowest BCUT2D eigenvalue weighted by molar-refractivity contribution is -0.385. The highest BCUT2D eigenvalue weighted by Crippen LogP contribution is 2.20. The molecular weight excluding hydrogens is 330 g/mol. The SMILES string of the molecule is Cc1nc2ccc(NC(=O)CSc3ccc([N+](=O)[O-])cn3)cc2[nH]1. The van der Waals surface area contributed by atoms with Gasteiger partial charge in [-0.05, 0) is 31.2 Å². The van der Waals surface area contributed by atoms with Gasteiger partial charge in [-0.15, -0.1) is 0 Å². The van der Waals surface area contributed by atoms with Gasteiger partial charge in [-0.3, -0.25) is 14.9 Å². The van der Waals surface area contributed by atoms with Crippen LogP contribution in [0.3, 0.4) is 0 Å². The molecule has 1 amide bonds. The van der Waals surface area contributed by atoms with Crippen LogP contribution in [0.2, 0.25) is 0 Å². The first-order chi connectivity index (χ1) is 11.5. The van der Waals surface area contributed by atoms with Crippen LogP contribution in [0.15, 0.2) is 41.6 Å². The first kappa shape index (κ1) is 15.9. The summed E-state index contributed by atoms with van der Waals surface area (Å²) in [4.78, 5) is 33.4. The summed E-state index contributed by atoms with van der Waals surface area (Å²) in [5, 5.41) is 13.9. The summed E-state index contributed by atoms with van der Waals surface area (Å²) in [7, 11) is 0. The monoisotopic (exact) mass is 343 g/mol. The van der Waals surface area contributed by atoms with E-state index in [1.807, 2.05) is 19.1 Å². The van der Waals surface area contributed by atoms with Crippen LogP contribution in [-0.2, 0) is 4.79 Å². The zero-order valence-corrected chi connectivity index (χ0v) is 13.5. The third-order valence-corrected chi connectivity index (χ3v) is 4.11. The van der Waals surface area contributed by atoms with Crippen molar-refractivity contribution in [3.8, 4) is 0 Å². The highest BCUT2D eigenvalue weighted by molar-refractivity contribution is 7.99. The lowest BCUT2D eigenvalue weighted by Gasteiger charge is -2.05. The fraction of sp³-hybridized carbons (Fsp3) is 0.133. The summed E-state index contributed by atoms with van der Waals surface area (Å²) in [6.07, 6.45) is 1.18. The molecular formula is C15H13N5O3S. The summed E-state index contributed by atoms with van der Waals surface area (Å²) in [6.45, 7) is 1.87. The molecule has 1 aromatic carbocycles. The second kappa shape index (κ2) is 6.67. The molecule has 122 valence electrons. The van der Waals surface area contributed by atoms with Gasteiger partial charge in [0.25, 0.3) is 5.69 Å². The standard InChI is InChI=1S/C15H13N5O3S/c1-9-17-12-4-2-10(6-13(12)18-9)19-14(21)8-24-15-5-3-11(7-16-15)20(22)23/h2-7H,8H2,1H3,(H,17,18)(H,19,21). The number of pyridine rings is 1. The van der Waals surface area contributed by atoms with E-state index in [1.54, 1.807) is 6.07 Å². The van der Waals surface area contributed by atoms with E-state index >= 15 is 0 Å². The minimum absolute atomic E-state index is 0.0769. The largest absolute Gasteiger partial charge is 0.342 e. The van der Waals surface area contributed by atoms with Crippen LogP contribution >= 0.6 is 11.8 Å². The maximum absolute atomic E-state index is 12.0. The Morgan fingerprint density at radius 1 is 1.38 bits per heavy atom. The number of fused-ring (bicyclic) bond motifs is 1. The fourth-order valence-electron chi connectivity index (χ4n) is 2.12. The first-order valence-electron chi connectivity index (χ1n) is 7.01. The molecule has 0 unspecified atom stereocenters. The van der Waals surface area contributed by atoms with Gasteiger partial charge in [0.2, 0.25) is 5.91 Å². The highest BCUT2D eigenvalue weighted by Gasteiger charge is 2.09. The third-order valence-electron chi connectivity index (χ3n) is 3.17. The second-order valence-corrected chi connectivity index (χ2v) is 6.00. The highest BCUT2D eigenvalue weighted by atomic mass is 32.2. The Morgan fingerprint density at radius 3 is 2.92 bits per heavy atom. The number of nitrogens with zero attached hydrogens (tertiary/aromatic N) is 3. The number of anilines is 1. The van der Waals surface area contributed by atoms with Gasteiger partial charge < -0.3 is 10.3 Å². The maximum atomic E-state index is 12.0. The van der Waals surface area contributed by atoms with Gasteiger partial charge in [0.05, 0.1) is 26.7 Å². The normalized spacial score (nSPS) is 10.7. The summed E-state index contributed by atoms with van der Waals surface area (Å²) < 4.78 is 0. The Balaban J connectivity index is 1.59. The number of aryl methyl sites for hydroxylation is 1. The molecule has 2 aromatic heterocycles. The molecule has 0 bridgehead atoms. The Bertz CT molecular complexity index is 907. The van der Waals surface area contributed by atoms with Crippen LogP contribution in [-0.4, -0.2) is 31.5 Å². The average molecular weight is 343 g/mol. The molecule has 2 N–H and O–H groups in total. The molecule has 0 aliphatic carbocycles. The number of imidazole rings is 1. The molecule has 3 rings (SSSR count). The topological polar surface area (TPSA) is 114 Å². The Hall–Kier alpha value is -2.94. The Kier molecular flexibility index (Phi) is 4.43. The zero-order chi connectivity index (χ0) is 17.1. The Morgan fingerprint density at radius 2 is 2.21 bits per heavy atom. The summed E-state index contributed by atoms with van der Waals surface area (Å²) >= 11 is 1.21. The van der Waals surface area contributed by atoms with Crippen molar-refractivity contribution >= 4 is 40.1 Å². The van der Waals surface area contributed by atoms with Crippen LogP contribution in [0.5, 0.6) is 0 Å². The van der Waals surface area contributed by atoms with Crippen LogP contribution in [0.25, 0.3) is 11.0 Å². The number of carbonyl (C=O) groups excluding carboxylic acids is 1.